The van der Waals surface area contributed by atoms with Crippen LogP contribution in [0.1, 0.15) is 56.0 Å². The first kappa shape index (κ1) is 20.5. The second kappa shape index (κ2) is 6.58. The van der Waals surface area contributed by atoms with Crippen LogP contribution in [0, 0.1) is 11.8 Å². The molecule has 1 unspecified atom stereocenters. The summed E-state index contributed by atoms with van der Waals surface area (Å²) in [6.07, 6.45) is 2.25. The molecular weight excluding hydrogens is 410 g/mol. The van der Waals surface area contributed by atoms with Gasteiger partial charge in [0.25, 0.3) is 0 Å². The number of nitrogen functional groups attached to an aromatic ring is 1. The predicted molar refractivity (Wildman–Crippen MR) is 119 cm³/mol. The molecule has 32 heavy (non-hydrogen) atoms. The van der Waals surface area contributed by atoms with Gasteiger partial charge in [-0.05, 0) is 61.8 Å². The lowest BCUT2D eigenvalue weighted by atomic mass is 9.66. The number of phenols is 1. The highest BCUT2D eigenvalue weighted by Gasteiger charge is 2.62. The third-order valence-electron chi connectivity index (χ3n) is 7.62. The van der Waals surface area contributed by atoms with Crippen LogP contribution in [-0.4, -0.2) is 21.6 Å². The molecule has 166 valence electrons. The summed E-state index contributed by atoms with van der Waals surface area (Å²) in [5, 5.41) is 21.0. The van der Waals surface area contributed by atoms with Crippen LogP contribution in [0.3, 0.4) is 0 Å². The maximum atomic E-state index is 13.5. The van der Waals surface area contributed by atoms with Gasteiger partial charge in [0.15, 0.2) is 11.4 Å². The fourth-order valence-corrected chi connectivity index (χ4v) is 5.41. The van der Waals surface area contributed by atoms with Gasteiger partial charge in [-0.25, -0.2) is 0 Å². The Kier molecular flexibility index (Phi) is 4.22. The summed E-state index contributed by atoms with van der Waals surface area (Å²) < 4.78 is 5.96. The van der Waals surface area contributed by atoms with E-state index in [-0.39, 0.29) is 40.2 Å². The largest absolute Gasteiger partial charge is 0.512 e. The molecule has 0 saturated carbocycles. The Morgan fingerprint density at radius 2 is 1.94 bits per heavy atom. The fourth-order valence-electron chi connectivity index (χ4n) is 5.41. The number of aliphatic hydroxyl groups is 1. The quantitative estimate of drug-likeness (QED) is 0.382. The van der Waals surface area contributed by atoms with Crippen LogP contribution in [0.2, 0.25) is 0 Å². The summed E-state index contributed by atoms with van der Waals surface area (Å²) in [6, 6.07) is 2.91. The van der Waals surface area contributed by atoms with E-state index in [2.05, 4.69) is 0 Å². The minimum atomic E-state index is -0.722. The van der Waals surface area contributed by atoms with E-state index in [4.69, 9.17) is 10.5 Å². The number of hydrogen-bond donors (Lipinski definition) is 3. The number of ether oxygens (including phenoxy) is 1. The third kappa shape index (κ3) is 2.57. The number of allylic oxidation sites excluding steroid dienone is 3. The number of nitrogens with two attached hydrogens (primary N) is 1. The number of aliphatic hydroxyl groups excluding tert-OH is 1. The summed E-state index contributed by atoms with van der Waals surface area (Å²) in [7, 11) is 0. The maximum absolute atomic E-state index is 13.5. The molecule has 2 aromatic carbocycles. The molecule has 1 aliphatic heterocycles. The lowest BCUT2D eigenvalue weighted by Crippen LogP contribution is -2.37. The highest BCUT2D eigenvalue weighted by atomic mass is 16.6. The standard InChI is InChI=1S/C25H25NO6/c1-4-10(2)16(28)9-12-7-11-8-14-13(19-20(26)23(31)22(19)30)5-6-15(27)18(14)21(29)17(11)24-25(12,3)32-24/h5-6,11-12,27-28H,4,7-9,26H2,1-3H3/b16-10+/t11?,12-,25-/m0/s1. The molecule has 7 heteroatoms. The smallest absolute Gasteiger partial charge is 0.249 e. The van der Waals surface area contributed by atoms with Crippen LogP contribution in [0.5, 0.6) is 5.75 Å². The molecule has 0 bridgehead atoms. The normalized spacial score (nSPS) is 26.8. The van der Waals surface area contributed by atoms with Gasteiger partial charge >= 0.3 is 0 Å². The van der Waals surface area contributed by atoms with Crippen molar-refractivity contribution in [2.75, 3.05) is 5.73 Å². The Balaban J connectivity index is 1.60. The van der Waals surface area contributed by atoms with Crippen molar-refractivity contribution >= 4 is 11.5 Å². The summed E-state index contributed by atoms with van der Waals surface area (Å²) in [6.45, 7) is 5.83. The van der Waals surface area contributed by atoms with Gasteiger partial charge in [0.05, 0.1) is 22.6 Å². The van der Waals surface area contributed by atoms with Crippen molar-refractivity contribution in [2.45, 2.75) is 52.1 Å². The Morgan fingerprint density at radius 1 is 1.22 bits per heavy atom. The van der Waals surface area contributed by atoms with Crippen LogP contribution in [0.4, 0.5) is 5.69 Å². The number of carbonyl (C=O) groups is 1. The molecule has 2 aliphatic carbocycles. The Bertz CT molecular complexity index is 1340. The molecule has 4 N–H and O–H groups in total. The van der Waals surface area contributed by atoms with Crippen LogP contribution < -0.4 is 16.6 Å². The molecular formula is C25H25NO6. The molecule has 0 amide bonds. The number of rotatable bonds is 4. The van der Waals surface area contributed by atoms with Crippen LogP contribution in [0.15, 0.2) is 44.4 Å². The molecule has 7 nitrogen and oxygen atoms in total. The molecule has 2 aromatic rings. The number of hydrogen-bond acceptors (Lipinski definition) is 7. The minimum Gasteiger partial charge on any atom is -0.512 e. The van der Waals surface area contributed by atoms with Gasteiger partial charge in [-0.2, -0.15) is 0 Å². The van der Waals surface area contributed by atoms with Gasteiger partial charge in [-0.3, -0.25) is 14.4 Å². The first-order chi connectivity index (χ1) is 15.1. The van der Waals surface area contributed by atoms with E-state index in [1.165, 1.54) is 6.07 Å². The van der Waals surface area contributed by atoms with Crippen molar-refractivity contribution in [1.82, 2.24) is 0 Å². The minimum absolute atomic E-state index is 0.000873. The van der Waals surface area contributed by atoms with Crippen molar-refractivity contribution in [3.05, 3.63) is 66.4 Å². The number of fused-ring (bicyclic) bond motifs is 3. The second-order valence-corrected chi connectivity index (χ2v) is 9.33. The van der Waals surface area contributed by atoms with Crippen LogP contribution in [0.25, 0.3) is 11.1 Å². The number of Topliss-reactive ketones (excluding diaryl/α,β-unsaturated/α-hetero) is 1. The number of ketones is 1. The average molecular weight is 435 g/mol. The van der Waals surface area contributed by atoms with Gasteiger partial charge in [-0.1, -0.05) is 13.0 Å². The summed E-state index contributed by atoms with van der Waals surface area (Å²) in [4.78, 5) is 37.3. The lowest BCUT2D eigenvalue weighted by Gasteiger charge is -2.34. The van der Waals surface area contributed by atoms with Crippen molar-refractivity contribution in [3.63, 3.8) is 0 Å². The van der Waals surface area contributed by atoms with E-state index < -0.39 is 16.5 Å². The SMILES string of the molecule is CC/C(C)=C(/O)C[C@@H]1CC2Cc3c(-c4c(N)c(=O)c4=O)ccc(O)c3C(=O)C2=C2O[C@]21C. The molecule has 1 saturated heterocycles. The summed E-state index contributed by atoms with van der Waals surface area (Å²) >= 11 is 0. The van der Waals surface area contributed by atoms with Crippen LogP contribution in [-0.2, 0) is 11.2 Å². The van der Waals surface area contributed by atoms with E-state index >= 15 is 0 Å². The zero-order valence-corrected chi connectivity index (χ0v) is 18.2. The number of phenolic OH excluding ortho intramolecular Hbond substituents is 1. The number of benzene rings is 1. The molecule has 1 heterocycles. The molecule has 0 radical (unpaired) electrons. The fraction of sp³-hybridized carbons (Fsp3) is 0.400. The highest BCUT2D eigenvalue weighted by molar-refractivity contribution is 6.15. The number of epoxide rings is 1. The van der Waals surface area contributed by atoms with Crippen molar-refractivity contribution < 1.29 is 19.7 Å². The number of aromatic hydroxyl groups is 1. The van der Waals surface area contributed by atoms with Gasteiger partial charge < -0.3 is 20.7 Å². The lowest BCUT2D eigenvalue weighted by molar-refractivity contribution is 0.0995. The Hall–Kier alpha value is -3.35. The van der Waals surface area contributed by atoms with E-state index in [0.29, 0.717) is 47.5 Å². The Morgan fingerprint density at radius 3 is 2.59 bits per heavy atom. The summed E-state index contributed by atoms with van der Waals surface area (Å²) in [5.41, 5.74) is 6.43. The molecule has 3 atom stereocenters. The monoisotopic (exact) mass is 435 g/mol. The van der Waals surface area contributed by atoms with Gasteiger partial charge in [-0.15, -0.1) is 0 Å². The number of carbonyl (C=O) groups excluding carboxylic acids is 1. The van der Waals surface area contributed by atoms with Crippen LogP contribution >= 0.6 is 0 Å². The first-order valence-corrected chi connectivity index (χ1v) is 10.9. The molecule has 5 rings (SSSR count). The molecule has 3 aliphatic rings. The molecule has 0 aromatic heterocycles. The average Bonchev–Trinajstić information content (AvgIpc) is 3.47. The zero-order valence-electron chi connectivity index (χ0n) is 18.2. The Labute approximate surface area is 184 Å². The van der Waals surface area contributed by atoms with E-state index in [0.717, 1.165) is 12.0 Å². The molecule has 1 fully saturated rings. The third-order valence-corrected chi connectivity index (χ3v) is 7.62. The highest BCUT2D eigenvalue weighted by Crippen LogP contribution is 2.60. The van der Waals surface area contributed by atoms with Crippen molar-refractivity contribution in [3.8, 4) is 16.9 Å². The second-order valence-electron chi connectivity index (χ2n) is 9.33. The molecule has 0 spiro atoms. The van der Waals surface area contributed by atoms with E-state index in [1.54, 1.807) is 6.07 Å². The van der Waals surface area contributed by atoms with Gasteiger partial charge in [0.2, 0.25) is 10.9 Å². The number of anilines is 1. The van der Waals surface area contributed by atoms with Gasteiger partial charge in [0.1, 0.15) is 11.5 Å². The maximum Gasteiger partial charge on any atom is 0.249 e. The topological polar surface area (TPSA) is 130 Å². The van der Waals surface area contributed by atoms with E-state index in [1.807, 2.05) is 20.8 Å². The van der Waals surface area contributed by atoms with Crippen molar-refractivity contribution in [1.29, 1.82) is 0 Å². The zero-order chi connectivity index (χ0) is 23.1. The van der Waals surface area contributed by atoms with E-state index in [9.17, 15) is 24.6 Å². The van der Waals surface area contributed by atoms with Gasteiger partial charge in [0, 0.05) is 17.9 Å². The predicted octanol–water partition coefficient (Wildman–Crippen LogP) is 3.29. The summed E-state index contributed by atoms with van der Waals surface area (Å²) in [5.74, 6) is 0.340. The van der Waals surface area contributed by atoms with Crippen molar-refractivity contribution in [2.24, 2.45) is 11.8 Å². The first-order valence-electron chi connectivity index (χ1n) is 10.9.